The number of ether oxygens (including phenoxy) is 4. The van der Waals surface area contributed by atoms with Crippen LogP contribution in [0.5, 0.6) is 0 Å². The smallest absolute Gasteiger partial charge is 0.334 e. The zero-order chi connectivity index (χ0) is 18.4. The molecule has 0 saturated heterocycles. The van der Waals surface area contributed by atoms with Gasteiger partial charge in [0.1, 0.15) is 13.2 Å². The van der Waals surface area contributed by atoms with E-state index in [4.69, 9.17) is 15.3 Å². The SMILES string of the molecule is O=C(CO)OCOC(=O)CCN(CO)CC(=O)OCOC(=O)CO. The van der Waals surface area contributed by atoms with E-state index in [0.29, 0.717) is 0 Å². The molecule has 0 spiro atoms. The van der Waals surface area contributed by atoms with E-state index in [1.54, 1.807) is 0 Å². The molecule has 12 heteroatoms. The predicted molar refractivity (Wildman–Crippen MR) is 71.5 cm³/mol. The molecule has 0 aromatic rings. The highest BCUT2D eigenvalue weighted by Crippen LogP contribution is 1.95. The summed E-state index contributed by atoms with van der Waals surface area (Å²) in [4.78, 5) is 45.0. The molecule has 0 bridgehead atoms. The maximum atomic E-state index is 11.4. The van der Waals surface area contributed by atoms with Crippen LogP contribution in [0.25, 0.3) is 0 Å². The second kappa shape index (κ2) is 13.2. The molecular weight excluding hydrogens is 334 g/mol. The Bertz CT molecular complexity index is 425. The number of esters is 4. The summed E-state index contributed by atoms with van der Waals surface area (Å²) in [5, 5.41) is 25.8. The van der Waals surface area contributed by atoms with Crippen LogP contribution >= 0.6 is 0 Å². The van der Waals surface area contributed by atoms with Crippen molar-refractivity contribution >= 4 is 23.9 Å². The number of carbonyl (C=O) groups is 4. The topological polar surface area (TPSA) is 169 Å². The summed E-state index contributed by atoms with van der Waals surface area (Å²) in [6.45, 7) is -4.04. The van der Waals surface area contributed by atoms with Crippen molar-refractivity contribution in [2.24, 2.45) is 0 Å². The van der Waals surface area contributed by atoms with Crippen LogP contribution in [0.4, 0.5) is 0 Å². The van der Waals surface area contributed by atoms with Gasteiger partial charge in [0.2, 0.25) is 13.6 Å². The fourth-order valence-corrected chi connectivity index (χ4v) is 1.16. The van der Waals surface area contributed by atoms with Gasteiger partial charge in [-0.3, -0.25) is 14.5 Å². The molecule has 0 unspecified atom stereocenters. The Morgan fingerprint density at radius 1 is 0.708 bits per heavy atom. The summed E-state index contributed by atoms with van der Waals surface area (Å²) in [5.41, 5.74) is 0. The van der Waals surface area contributed by atoms with Gasteiger partial charge in [-0.05, 0) is 0 Å². The minimum Gasteiger partial charge on any atom is -0.428 e. The van der Waals surface area contributed by atoms with Gasteiger partial charge in [-0.25, -0.2) is 9.59 Å². The van der Waals surface area contributed by atoms with E-state index in [-0.39, 0.29) is 19.5 Å². The number of aliphatic hydroxyl groups excluding tert-OH is 3. The standard InChI is InChI=1S/C12H19NO11/c14-4-11(19)23-7-21-9(17)1-2-13(6-16)3-10(18)22-8-24-12(20)5-15/h14-16H,1-8H2. The van der Waals surface area contributed by atoms with Gasteiger partial charge in [0, 0.05) is 6.54 Å². The quantitative estimate of drug-likeness (QED) is 0.236. The second-order valence-corrected chi connectivity index (χ2v) is 4.06. The Kier molecular flexibility index (Phi) is 11.9. The van der Waals surface area contributed by atoms with Gasteiger partial charge in [0.25, 0.3) is 0 Å². The molecule has 0 rings (SSSR count). The average Bonchev–Trinajstić information content (AvgIpc) is 2.57. The van der Waals surface area contributed by atoms with Crippen LogP contribution in [0, 0.1) is 0 Å². The van der Waals surface area contributed by atoms with E-state index in [1.807, 2.05) is 0 Å². The van der Waals surface area contributed by atoms with Crippen LogP contribution < -0.4 is 0 Å². The molecule has 138 valence electrons. The van der Waals surface area contributed by atoms with Crippen LogP contribution in [0.3, 0.4) is 0 Å². The van der Waals surface area contributed by atoms with Crippen LogP contribution in [-0.2, 0) is 38.1 Å². The monoisotopic (exact) mass is 353 g/mol. The first-order chi connectivity index (χ1) is 11.4. The first-order valence-corrected chi connectivity index (χ1v) is 6.60. The number of rotatable bonds is 12. The van der Waals surface area contributed by atoms with Gasteiger partial charge in [-0.15, -0.1) is 0 Å². The molecule has 0 aliphatic rings. The zero-order valence-corrected chi connectivity index (χ0v) is 12.7. The molecule has 0 saturated carbocycles. The first-order valence-electron chi connectivity index (χ1n) is 6.60. The Hall–Kier alpha value is -2.28. The van der Waals surface area contributed by atoms with Gasteiger partial charge in [0.15, 0.2) is 0 Å². The molecule has 0 amide bonds. The number of carbonyl (C=O) groups excluding carboxylic acids is 4. The second-order valence-electron chi connectivity index (χ2n) is 4.06. The van der Waals surface area contributed by atoms with Gasteiger partial charge >= 0.3 is 23.9 Å². The Morgan fingerprint density at radius 2 is 1.17 bits per heavy atom. The maximum absolute atomic E-state index is 11.4. The zero-order valence-electron chi connectivity index (χ0n) is 12.7. The van der Waals surface area contributed by atoms with Crippen molar-refractivity contribution in [2.75, 3.05) is 46.6 Å². The Morgan fingerprint density at radius 3 is 1.62 bits per heavy atom. The van der Waals surface area contributed by atoms with Crippen molar-refractivity contribution in [3.05, 3.63) is 0 Å². The fourth-order valence-electron chi connectivity index (χ4n) is 1.16. The number of nitrogens with zero attached hydrogens (tertiary/aromatic N) is 1. The largest absolute Gasteiger partial charge is 0.428 e. The lowest BCUT2D eigenvalue weighted by atomic mass is 10.4. The highest BCUT2D eigenvalue weighted by molar-refractivity contribution is 5.73. The van der Waals surface area contributed by atoms with Gasteiger partial charge in [0.05, 0.1) is 19.7 Å². The molecule has 0 aromatic heterocycles. The maximum Gasteiger partial charge on any atom is 0.334 e. The van der Waals surface area contributed by atoms with Crippen molar-refractivity contribution in [1.29, 1.82) is 0 Å². The molecule has 0 atom stereocenters. The number of hydrogen-bond donors (Lipinski definition) is 3. The summed E-state index contributed by atoms with van der Waals surface area (Å²) < 4.78 is 17.6. The molecule has 0 radical (unpaired) electrons. The summed E-state index contributed by atoms with van der Waals surface area (Å²) in [6.07, 6.45) is -0.218. The molecule has 0 heterocycles. The highest BCUT2D eigenvalue weighted by atomic mass is 16.7. The predicted octanol–water partition coefficient (Wildman–Crippen LogP) is -3.30. The van der Waals surface area contributed by atoms with E-state index in [2.05, 4.69) is 18.9 Å². The highest BCUT2D eigenvalue weighted by Gasteiger charge is 2.14. The fraction of sp³-hybridized carbons (Fsp3) is 0.667. The molecule has 0 fully saturated rings. The normalized spacial score (nSPS) is 10.2. The minimum absolute atomic E-state index is 0.0607. The van der Waals surface area contributed by atoms with E-state index in [0.717, 1.165) is 4.90 Å². The first kappa shape index (κ1) is 21.7. The summed E-state index contributed by atoms with van der Waals surface area (Å²) in [7, 11) is 0. The van der Waals surface area contributed by atoms with E-state index in [1.165, 1.54) is 0 Å². The van der Waals surface area contributed by atoms with Gasteiger partial charge in [-0.2, -0.15) is 0 Å². The van der Waals surface area contributed by atoms with Gasteiger partial charge in [-0.1, -0.05) is 0 Å². The van der Waals surface area contributed by atoms with E-state index in [9.17, 15) is 19.2 Å². The Labute approximate surface area is 136 Å². The van der Waals surface area contributed by atoms with Crippen molar-refractivity contribution in [1.82, 2.24) is 4.90 Å². The van der Waals surface area contributed by atoms with Gasteiger partial charge < -0.3 is 34.3 Å². The van der Waals surface area contributed by atoms with Crippen LogP contribution in [0.15, 0.2) is 0 Å². The molecular formula is C12H19NO11. The molecule has 0 aromatic carbocycles. The number of aliphatic hydroxyl groups is 3. The number of hydrogen-bond acceptors (Lipinski definition) is 12. The molecule has 12 nitrogen and oxygen atoms in total. The summed E-state index contributed by atoms with van der Waals surface area (Å²) in [6, 6.07) is 0. The van der Waals surface area contributed by atoms with Crippen LogP contribution in [0.2, 0.25) is 0 Å². The molecule has 3 N–H and O–H groups in total. The van der Waals surface area contributed by atoms with E-state index < -0.39 is 57.4 Å². The molecule has 24 heavy (non-hydrogen) atoms. The average molecular weight is 353 g/mol. The van der Waals surface area contributed by atoms with Crippen LogP contribution in [0.1, 0.15) is 6.42 Å². The third-order valence-corrected chi connectivity index (χ3v) is 2.32. The molecule has 0 aliphatic heterocycles. The van der Waals surface area contributed by atoms with Crippen molar-refractivity contribution in [2.45, 2.75) is 6.42 Å². The lowest BCUT2D eigenvalue weighted by molar-refractivity contribution is -0.172. The molecule has 0 aliphatic carbocycles. The lowest BCUT2D eigenvalue weighted by Crippen LogP contribution is -2.34. The summed E-state index contributed by atoms with van der Waals surface area (Å²) in [5.74, 6) is -3.51. The van der Waals surface area contributed by atoms with Crippen molar-refractivity contribution < 1.29 is 53.4 Å². The summed E-state index contributed by atoms with van der Waals surface area (Å²) >= 11 is 0. The van der Waals surface area contributed by atoms with Crippen molar-refractivity contribution in [3.63, 3.8) is 0 Å². The third-order valence-electron chi connectivity index (χ3n) is 2.32. The van der Waals surface area contributed by atoms with E-state index >= 15 is 0 Å². The Balaban J connectivity index is 3.92. The van der Waals surface area contributed by atoms with Crippen molar-refractivity contribution in [3.8, 4) is 0 Å². The third kappa shape index (κ3) is 11.3. The van der Waals surface area contributed by atoms with Crippen LogP contribution in [-0.4, -0.2) is 90.7 Å². The minimum atomic E-state index is -0.966. The lowest BCUT2D eigenvalue weighted by Gasteiger charge is -2.17.